The molecule has 2 aliphatic rings. The summed E-state index contributed by atoms with van der Waals surface area (Å²) in [6.45, 7) is 9.60. The normalized spacial score (nSPS) is 23.2. The first-order valence-corrected chi connectivity index (χ1v) is 8.43. The first-order valence-electron chi connectivity index (χ1n) is 8.43. The Morgan fingerprint density at radius 3 is 2.10 bits per heavy atom. The molecule has 2 heterocycles. The predicted octanol–water partition coefficient (Wildman–Crippen LogP) is 1.85. The Balaban J connectivity index is 1.63. The van der Waals surface area contributed by atoms with Gasteiger partial charge in [0.2, 0.25) is 5.91 Å². The highest BCUT2D eigenvalue weighted by Crippen LogP contribution is 2.16. The Hall–Kier alpha value is -0.610. The quantitative estimate of drug-likeness (QED) is 0.835. The highest BCUT2D eigenvalue weighted by atomic mass is 16.2. The van der Waals surface area contributed by atoms with Gasteiger partial charge >= 0.3 is 0 Å². The van der Waals surface area contributed by atoms with Gasteiger partial charge in [-0.1, -0.05) is 13.3 Å². The Morgan fingerprint density at radius 2 is 1.60 bits per heavy atom. The SMILES string of the molecule is CCCCN1CCC(NC2CCN(C(C)=O)CC2)CC1. The molecule has 0 bridgehead atoms. The van der Waals surface area contributed by atoms with Crippen LogP contribution in [0.15, 0.2) is 0 Å². The maximum Gasteiger partial charge on any atom is 0.219 e. The van der Waals surface area contributed by atoms with E-state index in [1.165, 1.54) is 45.3 Å². The van der Waals surface area contributed by atoms with Crippen molar-refractivity contribution in [2.24, 2.45) is 0 Å². The summed E-state index contributed by atoms with van der Waals surface area (Å²) in [5.74, 6) is 0.229. The number of rotatable bonds is 5. The zero-order valence-electron chi connectivity index (χ0n) is 13.2. The molecule has 0 spiro atoms. The highest BCUT2D eigenvalue weighted by molar-refractivity contribution is 5.73. The Bertz CT molecular complexity index is 292. The summed E-state index contributed by atoms with van der Waals surface area (Å²) in [4.78, 5) is 15.9. The van der Waals surface area contributed by atoms with Crippen LogP contribution < -0.4 is 5.32 Å². The second-order valence-corrected chi connectivity index (χ2v) is 6.42. The minimum atomic E-state index is 0.229. The zero-order chi connectivity index (χ0) is 14.4. The summed E-state index contributed by atoms with van der Waals surface area (Å²) in [6.07, 6.45) is 7.45. The van der Waals surface area contributed by atoms with Crippen LogP contribution in [0.25, 0.3) is 0 Å². The van der Waals surface area contributed by atoms with Crippen molar-refractivity contribution in [2.75, 3.05) is 32.7 Å². The number of likely N-dealkylation sites (tertiary alicyclic amines) is 2. The maximum atomic E-state index is 11.3. The van der Waals surface area contributed by atoms with E-state index in [0.29, 0.717) is 12.1 Å². The van der Waals surface area contributed by atoms with Crippen molar-refractivity contribution in [3.8, 4) is 0 Å². The summed E-state index contributed by atoms with van der Waals surface area (Å²) in [7, 11) is 0. The van der Waals surface area contributed by atoms with Crippen LogP contribution in [0.2, 0.25) is 0 Å². The van der Waals surface area contributed by atoms with Crippen molar-refractivity contribution in [1.82, 2.24) is 15.1 Å². The Morgan fingerprint density at radius 1 is 1.05 bits per heavy atom. The number of carbonyl (C=O) groups is 1. The number of hydrogen-bond acceptors (Lipinski definition) is 3. The molecule has 0 aliphatic carbocycles. The van der Waals surface area contributed by atoms with E-state index in [1.54, 1.807) is 6.92 Å². The number of nitrogens with one attached hydrogen (secondary N) is 1. The molecule has 1 N–H and O–H groups in total. The lowest BCUT2D eigenvalue weighted by Gasteiger charge is -2.37. The zero-order valence-corrected chi connectivity index (χ0v) is 13.2. The van der Waals surface area contributed by atoms with Crippen molar-refractivity contribution in [3.63, 3.8) is 0 Å². The van der Waals surface area contributed by atoms with Crippen molar-refractivity contribution in [2.45, 2.75) is 64.5 Å². The first kappa shape index (κ1) is 15.8. The third-order valence-electron chi connectivity index (χ3n) is 4.83. The topological polar surface area (TPSA) is 35.6 Å². The van der Waals surface area contributed by atoms with E-state index in [-0.39, 0.29) is 5.91 Å². The van der Waals surface area contributed by atoms with E-state index >= 15 is 0 Å². The van der Waals surface area contributed by atoms with Crippen LogP contribution in [0, 0.1) is 0 Å². The van der Waals surface area contributed by atoms with Crippen molar-refractivity contribution in [3.05, 3.63) is 0 Å². The lowest BCUT2D eigenvalue weighted by Crippen LogP contribution is -2.50. The highest BCUT2D eigenvalue weighted by Gasteiger charge is 2.25. The molecule has 116 valence electrons. The molecule has 0 saturated carbocycles. The minimum Gasteiger partial charge on any atom is -0.343 e. The van der Waals surface area contributed by atoms with Gasteiger partial charge < -0.3 is 15.1 Å². The van der Waals surface area contributed by atoms with Gasteiger partial charge in [0.25, 0.3) is 0 Å². The second kappa shape index (κ2) is 7.99. The fourth-order valence-corrected chi connectivity index (χ4v) is 3.40. The molecule has 0 unspecified atom stereocenters. The molecule has 0 aromatic rings. The van der Waals surface area contributed by atoms with Crippen LogP contribution in [0.1, 0.15) is 52.4 Å². The molecule has 1 amide bonds. The molecule has 0 aromatic carbocycles. The van der Waals surface area contributed by atoms with Crippen LogP contribution in [-0.4, -0.2) is 60.5 Å². The van der Waals surface area contributed by atoms with Gasteiger partial charge in [0.05, 0.1) is 0 Å². The number of carbonyl (C=O) groups excluding carboxylic acids is 1. The predicted molar refractivity (Wildman–Crippen MR) is 82.8 cm³/mol. The largest absolute Gasteiger partial charge is 0.343 e. The maximum absolute atomic E-state index is 11.3. The molecular weight excluding hydrogens is 250 g/mol. The van der Waals surface area contributed by atoms with Gasteiger partial charge in [-0.25, -0.2) is 0 Å². The number of unbranched alkanes of at least 4 members (excludes halogenated alkanes) is 1. The summed E-state index contributed by atoms with van der Waals surface area (Å²) in [5.41, 5.74) is 0. The molecule has 2 aliphatic heterocycles. The van der Waals surface area contributed by atoms with E-state index in [9.17, 15) is 4.79 Å². The van der Waals surface area contributed by atoms with Crippen LogP contribution in [0.3, 0.4) is 0 Å². The molecule has 0 radical (unpaired) electrons. The molecule has 0 atom stereocenters. The molecular formula is C16H31N3O. The molecule has 2 fully saturated rings. The fourth-order valence-electron chi connectivity index (χ4n) is 3.40. The van der Waals surface area contributed by atoms with Crippen molar-refractivity contribution in [1.29, 1.82) is 0 Å². The van der Waals surface area contributed by atoms with E-state index in [0.717, 1.165) is 25.9 Å². The van der Waals surface area contributed by atoms with Crippen LogP contribution in [0.5, 0.6) is 0 Å². The van der Waals surface area contributed by atoms with Crippen molar-refractivity contribution >= 4 is 5.91 Å². The van der Waals surface area contributed by atoms with E-state index in [2.05, 4.69) is 17.1 Å². The first-order chi connectivity index (χ1) is 9.69. The fraction of sp³-hybridized carbons (Fsp3) is 0.938. The molecule has 2 rings (SSSR count). The van der Waals surface area contributed by atoms with Crippen LogP contribution in [-0.2, 0) is 4.79 Å². The lowest BCUT2D eigenvalue weighted by atomic mass is 9.99. The van der Waals surface area contributed by atoms with E-state index in [4.69, 9.17) is 0 Å². The standard InChI is InChI=1S/C16H31N3O/c1-3-4-9-18-10-5-15(6-11-18)17-16-7-12-19(13-8-16)14(2)20/h15-17H,3-13H2,1-2H3. The van der Waals surface area contributed by atoms with E-state index < -0.39 is 0 Å². The molecule has 4 nitrogen and oxygen atoms in total. The smallest absolute Gasteiger partial charge is 0.219 e. The van der Waals surface area contributed by atoms with Gasteiger partial charge in [0.1, 0.15) is 0 Å². The average molecular weight is 281 g/mol. The molecule has 0 aromatic heterocycles. The second-order valence-electron chi connectivity index (χ2n) is 6.42. The van der Waals surface area contributed by atoms with E-state index in [1.807, 2.05) is 4.90 Å². The Kier molecular flexibility index (Phi) is 6.30. The molecule has 20 heavy (non-hydrogen) atoms. The lowest BCUT2D eigenvalue weighted by molar-refractivity contribution is -0.129. The van der Waals surface area contributed by atoms with Gasteiger partial charge in [-0.3, -0.25) is 4.79 Å². The van der Waals surface area contributed by atoms with Gasteiger partial charge in [0.15, 0.2) is 0 Å². The summed E-state index contributed by atoms with van der Waals surface area (Å²) < 4.78 is 0. The molecule has 2 saturated heterocycles. The van der Waals surface area contributed by atoms with Gasteiger partial charge in [-0.05, 0) is 51.7 Å². The van der Waals surface area contributed by atoms with Crippen molar-refractivity contribution < 1.29 is 4.79 Å². The monoisotopic (exact) mass is 281 g/mol. The summed E-state index contributed by atoms with van der Waals surface area (Å²) in [6, 6.07) is 1.32. The number of piperidine rings is 2. The number of nitrogens with zero attached hydrogens (tertiary/aromatic N) is 2. The number of amides is 1. The van der Waals surface area contributed by atoms with Gasteiger partial charge in [-0.15, -0.1) is 0 Å². The summed E-state index contributed by atoms with van der Waals surface area (Å²) in [5, 5.41) is 3.83. The average Bonchev–Trinajstić information content (AvgIpc) is 2.47. The number of hydrogen-bond donors (Lipinski definition) is 1. The molecule has 4 heteroatoms. The third kappa shape index (κ3) is 4.74. The summed E-state index contributed by atoms with van der Waals surface area (Å²) >= 11 is 0. The third-order valence-corrected chi connectivity index (χ3v) is 4.83. The van der Waals surface area contributed by atoms with Crippen LogP contribution >= 0.6 is 0 Å². The Labute approximate surface area is 123 Å². The van der Waals surface area contributed by atoms with Gasteiger partial charge in [-0.2, -0.15) is 0 Å². The minimum absolute atomic E-state index is 0.229. The van der Waals surface area contributed by atoms with Crippen LogP contribution in [0.4, 0.5) is 0 Å². The van der Waals surface area contributed by atoms with Gasteiger partial charge in [0, 0.05) is 32.1 Å².